The molecule has 0 saturated carbocycles. The molecule has 0 atom stereocenters. The van der Waals surface area contributed by atoms with Gasteiger partial charge in [0.2, 0.25) is 11.9 Å². The molecule has 0 saturated heterocycles. The number of benzene rings is 2. The van der Waals surface area contributed by atoms with E-state index in [1.165, 1.54) is 12.1 Å². The highest BCUT2D eigenvalue weighted by Crippen LogP contribution is 2.30. The number of nitrogens with one attached hydrogen (secondary N) is 3. The first-order valence-electron chi connectivity index (χ1n) is 11.5. The fraction of sp³-hybridized carbons (Fsp3) is 0.192. The Morgan fingerprint density at radius 3 is 2.70 bits per heavy atom. The number of nitrogens with zero attached hydrogens (tertiary/aromatic N) is 2. The summed E-state index contributed by atoms with van der Waals surface area (Å²) in [5.41, 5.74) is 3.40. The Labute approximate surface area is 215 Å². The van der Waals surface area contributed by atoms with Crippen molar-refractivity contribution >= 4 is 45.8 Å². The van der Waals surface area contributed by atoms with Crippen molar-refractivity contribution in [1.29, 1.82) is 0 Å². The number of aromatic nitrogens is 2. The summed E-state index contributed by atoms with van der Waals surface area (Å²) < 4.78 is 27.8. The van der Waals surface area contributed by atoms with Crippen LogP contribution in [0.25, 0.3) is 16.7 Å². The van der Waals surface area contributed by atoms with E-state index in [-0.39, 0.29) is 28.2 Å². The Kier molecular flexibility index (Phi) is 8.39. The van der Waals surface area contributed by atoms with Gasteiger partial charge in [-0.15, -0.1) is 11.3 Å². The van der Waals surface area contributed by atoms with E-state index in [1.54, 1.807) is 28.8 Å². The van der Waals surface area contributed by atoms with Gasteiger partial charge in [-0.3, -0.25) is 19.5 Å². The smallest absolute Gasteiger partial charge is 0.272 e. The highest BCUT2D eigenvalue weighted by Gasteiger charge is 2.19. The minimum Gasteiger partial charge on any atom is -0.396 e. The molecule has 2 heterocycles. The zero-order chi connectivity index (χ0) is 26.4. The second-order valence-corrected chi connectivity index (χ2v) is 9.16. The third-order valence-electron chi connectivity index (χ3n) is 5.41. The highest BCUT2D eigenvalue weighted by atomic mass is 32.1. The Hall–Kier alpha value is -3.93. The minimum absolute atomic E-state index is 0.106. The molecule has 0 radical (unpaired) electrons. The van der Waals surface area contributed by atoms with Crippen LogP contribution in [0.1, 0.15) is 33.0 Å². The van der Waals surface area contributed by atoms with Crippen molar-refractivity contribution < 1.29 is 23.5 Å². The maximum absolute atomic E-state index is 13.0. The normalized spacial score (nSPS) is 11.1. The molecule has 0 bridgehead atoms. The Morgan fingerprint density at radius 2 is 1.97 bits per heavy atom. The molecule has 192 valence electrons. The predicted molar refractivity (Wildman–Crippen MR) is 141 cm³/mol. The molecule has 2 aromatic heterocycles. The SMILES string of the molecule is C=CC(=O)Nc1cccc(-n2c(NC(=O)c3ccc(C(F)F)s3)nc3cc(CNCCCO)ccc32)c1. The summed E-state index contributed by atoms with van der Waals surface area (Å²) in [5, 5.41) is 17.7. The Bertz CT molecular complexity index is 1430. The van der Waals surface area contributed by atoms with Crippen LogP contribution in [-0.4, -0.2) is 39.6 Å². The average molecular weight is 526 g/mol. The lowest BCUT2D eigenvalue weighted by Gasteiger charge is -2.12. The number of carbonyl (C=O) groups excluding carboxylic acids is 2. The summed E-state index contributed by atoms with van der Waals surface area (Å²) in [7, 11) is 0. The standard InChI is InChI=1S/C26H25F2N5O3S/c1-2-23(35)30-17-5-3-6-18(14-17)33-20-8-7-16(15-29-11-4-12-34)13-19(20)31-26(33)32-25(36)22-10-9-21(37-22)24(27)28/h2-3,5-10,13-14,24,29,34H,1,4,11-12,15H2,(H,30,35)(H,31,32,36). The molecule has 0 unspecified atom stereocenters. The summed E-state index contributed by atoms with van der Waals surface area (Å²) in [6.45, 7) is 4.80. The van der Waals surface area contributed by atoms with E-state index in [1.807, 2.05) is 18.2 Å². The van der Waals surface area contributed by atoms with Gasteiger partial charge in [0.25, 0.3) is 12.3 Å². The van der Waals surface area contributed by atoms with Crippen LogP contribution >= 0.6 is 11.3 Å². The highest BCUT2D eigenvalue weighted by molar-refractivity contribution is 7.14. The first-order valence-corrected chi connectivity index (χ1v) is 12.3. The third-order valence-corrected chi connectivity index (χ3v) is 6.50. The van der Waals surface area contributed by atoms with Crippen molar-refractivity contribution in [2.24, 2.45) is 0 Å². The largest absolute Gasteiger partial charge is 0.396 e. The van der Waals surface area contributed by atoms with Crippen LogP contribution < -0.4 is 16.0 Å². The molecule has 0 aliphatic carbocycles. The summed E-state index contributed by atoms with van der Waals surface area (Å²) in [6.07, 6.45) is -0.855. The summed E-state index contributed by atoms with van der Waals surface area (Å²) in [6, 6.07) is 15.3. The second kappa shape index (κ2) is 11.9. The van der Waals surface area contributed by atoms with Crippen LogP contribution in [0.15, 0.2) is 67.3 Å². The van der Waals surface area contributed by atoms with Crippen molar-refractivity contribution in [3.8, 4) is 5.69 Å². The van der Waals surface area contributed by atoms with Gasteiger partial charge >= 0.3 is 0 Å². The number of fused-ring (bicyclic) bond motifs is 1. The van der Waals surface area contributed by atoms with Gasteiger partial charge in [-0.05, 0) is 67.1 Å². The zero-order valence-corrected chi connectivity index (χ0v) is 20.5. The van der Waals surface area contributed by atoms with Gasteiger partial charge in [0.1, 0.15) is 0 Å². The molecule has 0 aliphatic rings. The molecule has 0 aliphatic heterocycles. The van der Waals surface area contributed by atoms with Crippen LogP contribution in [-0.2, 0) is 11.3 Å². The van der Waals surface area contributed by atoms with Gasteiger partial charge < -0.3 is 15.7 Å². The summed E-state index contributed by atoms with van der Waals surface area (Å²) in [5.74, 6) is -0.730. The van der Waals surface area contributed by atoms with Crippen molar-refractivity contribution in [2.45, 2.75) is 19.4 Å². The number of aliphatic hydroxyl groups is 1. The van der Waals surface area contributed by atoms with Gasteiger partial charge in [0.15, 0.2) is 0 Å². The first-order chi connectivity index (χ1) is 17.9. The lowest BCUT2D eigenvalue weighted by Crippen LogP contribution is -2.15. The van der Waals surface area contributed by atoms with Gasteiger partial charge in [0, 0.05) is 18.8 Å². The number of hydrogen-bond acceptors (Lipinski definition) is 6. The van der Waals surface area contributed by atoms with Gasteiger partial charge in [-0.25, -0.2) is 13.8 Å². The van der Waals surface area contributed by atoms with E-state index >= 15 is 0 Å². The van der Waals surface area contributed by atoms with Crippen LogP contribution in [0.4, 0.5) is 20.4 Å². The summed E-state index contributed by atoms with van der Waals surface area (Å²) in [4.78, 5) is 29.3. The predicted octanol–water partition coefficient (Wildman–Crippen LogP) is 4.87. The number of thiophene rings is 1. The Morgan fingerprint density at radius 1 is 1.14 bits per heavy atom. The lowest BCUT2D eigenvalue weighted by atomic mass is 10.2. The molecule has 4 rings (SSSR count). The second-order valence-electron chi connectivity index (χ2n) is 8.05. The molecule has 4 N–H and O–H groups in total. The fourth-order valence-corrected chi connectivity index (χ4v) is 4.45. The third kappa shape index (κ3) is 6.26. The molecule has 0 spiro atoms. The van der Waals surface area contributed by atoms with E-state index in [4.69, 9.17) is 5.11 Å². The van der Waals surface area contributed by atoms with Gasteiger partial charge in [-0.2, -0.15) is 0 Å². The van der Waals surface area contributed by atoms with E-state index in [9.17, 15) is 18.4 Å². The molecule has 37 heavy (non-hydrogen) atoms. The molecule has 4 aromatic rings. The number of anilines is 2. The van der Waals surface area contributed by atoms with E-state index in [0.717, 1.165) is 23.0 Å². The monoisotopic (exact) mass is 525 g/mol. The molecule has 2 aromatic carbocycles. The van der Waals surface area contributed by atoms with Crippen LogP contribution in [0, 0.1) is 0 Å². The van der Waals surface area contributed by atoms with E-state index in [0.29, 0.717) is 41.9 Å². The first kappa shape index (κ1) is 26.1. The number of carbonyl (C=O) groups is 2. The van der Waals surface area contributed by atoms with Crippen LogP contribution in [0.5, 0.6) is 0 Å². The number of aliphatic hydroxyl groups excluding tert-OH is 1. The number of halogens is 2. The molecular formula is C26H25F2N5O3S. The van der Waals surface area contributed by atoms with E-state index < -0.39 is 12.3 Å². The maximum Gasteiger partial charge on any atom is 0.272 e. The number of alkyl halides is 2. The van der Waals surface area contributed by atoms with Gasteiger partial charge in [0.05, 0.1) is 26.5 Å². The van der Waals surface area contributed by atoms with Crippen LogP contribution in [0.2, 0.25) is 0 Å². The number of imidazole rings is 1. The van der Waals surface area contributed by atoms with Crippen molar-refractivity contribution in [1.82, 2.24) is 14.9 Å². The van der Waals surface area contributed by atoms with Crippen molar-refractivity contribution in [3.63, 3.8) is 0 Å². The lowest BCUT2D eigenvalue weighted by molar-refractivity contribution is -0.111. The Balaban J connectivity index is 1.72. The molecule has 8 nitrogen and oxygen atoms in total. The topological polar surface area (TPSA) is 108 Å². The number of rotatable bonds is 11. The van der Waals surface area contributed by atoms with Crippen molar-refractivity contribution in [3.05, 3.63) is 82.6 Å². The molecular weight excluding hydrogens is 500 g/mol. The number of hydrogen-bond donors (Lipinski definition) is 4. The van der Waals surface area contributed by atoms with Gasteiger partial charge in [-0.1, -0.05) is 18.7 Å². The minimum atomic E-state index is -2.66. The maximum atomic E-state index is 13.0. The molecule has 0 fully saturated rings. The van der Waals surface area contributed by atoms with Crippen LogP contribution in [0.3, 0.4) is 0 Å². The molecule has 2 amide bonds. The van der Waals surface area contributed by atoms with Crippen molar-refractivity contribution in [2.75, 3.05) is 23.8 Å². The zero-order valence-electron chi connectivity index (χ0n) is 19.7. The fourth-order valence-electron chi connectivity index (χ4n) is 3.69. The molecule has 11 heteroatoms. The van der Waals surface area contributed by atoms with E-state index in [2.05, 4.69) is 27.5 Å². The quantitative estimate of drug-likeness (QED) is 0.165. The number of amides is 2. The average Bonchev–Trinajstić information content (AvgIpc) is 3.52. The summed E-state index contributed by atoms with van der Waals surface area (Å²) >= 11 is 0.722.